The summed E-state index contributed by atoms with van der Waals surface area (Å²) in [5.41, 5.74) is 2.90. The van der Waals surface area contributed by atoms with Crippen LogP contribution in [0, 0.1) is 6.92 Å². The smallest absolute Gasteiger partial charge is 0.261 e. The molecule has 0 saturated heterocycles. The first-order chi connectivity index (χ1) is 13.3. The molecule has 3 aromatic rings. The van der Waals surface area contributed by atoms with Crippen LogP contribution in [0.15, 0.2) is 71.8 Å². The number of aromatic nitrogens is 1. The Labute approximate surface area is 163 Å². The van der Waals surface area contributed by atoms with Crippen LogP contribution < -0.4 is 15.4 Å². The van der Waals surface area contributed by atoms with Gasteiger partial charge < -0.3 is 10.6 Å². The highest BCUT2D eigenvalue weighted by molar-refractivity contribution is 7.92. The van der Waals surface area contributed by atoms with Crippen LogP contribution in [-0.4, -0.2) is 19.3 Å². The lowest BCUT2D eigenvalue weighted by atomic mass is 10.2. The molecule has 0 fully saturated rings. The highest BCUT2D eigenvalue weighted by Crippen LogP contribution is 2.20. The molecule has 1 heterocycles. The molecule has 0 unspecified atom stereocenters. The molecular weight excluding hydrogens is 376 g/mol. The molecule has 144 valence electrons. The summed E-state index contributed by atoms with van der Waals surface area (Å²) in [6.07, 6.45) is 1.45. The van der Waals surface area contributed by atoms with Gasteiger partial charge in [-0.25, -0.2) is 13.4 Å². The second-order valence-electron chi connectivity index (χ2n) is 6.24. The molecule has 0 spiro atoms. The third-order valence-electron chi connectivity index (χ3n) is 3.79. The summed E-state index contributed by atoms with van der Waals surface area (Å²) in [5, 5.41) is 5.76. The molecule has 7 nitrogen and oxygen atoms in total. The van der Waals surface area contributed by atoms with Crippen LogP contribution in [0.4, 0.5) is 22.9 Å². The van der Waals surface area contributed by atoms with Crippen molar-refractivity contribution < 1.29 is 13.2 Å². The van der Waals surface area contributed by atoms with E-state index >= 15 is 0 Å². The molecule has 3 N–H and O–H groups in total. The van der Waals surface area contributed by atoms with Crippen molar-refractivity contribution in [3.05, 3.63) is 72.4 Å². The van der Waals surface area contributed by atoms with Gasteiger partial charge in [0.05, 0.1) is 16.8 Å². The van der Waals surface area contributed by atoms with E-state index in [4.69, 9.17) is 0 Å². The summed E-state index contributed by atoms with van der Waals surface area (Å²) < 4.78 is 27.5. The summed E-state index contributed by atoms with van der Waals surface area (Å²) in [6, 6.07) is 17.1. The average Bonchev–Trinajstić information content (AvgIpc) is 2.63. The lowest BCUT2D eigenvalue weighted by Crippen LogP contribution is -2.13. The molecule has 28 heavy (non-hydrogen) atoms. The van der Waals surface area contributed by atoms with E-state index in [-0.39, 0.29) is 10.8 Å². The summed E-state index contributed by atoms with van der Waals surface area (Å²) in [7, 11) is -3.76. The maximum absolute atomic E-state index is 12.5. The Balaban J connectivity index is 1.69. The zero-order valence-corrected chi connectivity index (χ0v) is 16.2. The Morgan fingerprint density at radius 3 is 2.25 bits per heavy atom. The largest absolute Gasteiger partial charge is 0.340 e. The molecule has 0 aliphatic heterocycles. The summed E-state index contributed by atoms with van der Waals surface area (Å²) in [5.74, 6) is 0.382. The third-order valence-corrected chi connectivity index (χ3v) is 5.19. The lowest BCUT2D eigenvalue weighted by molar-refractivity contribution is -0.114. The number of pyridine rings is 1. The number of hydrogen-bond donors (Lipinski definition) is 3. The summed E-state index contributed by atoms with van der Waals surface area (Å²) in [6.45, 7) is 3.38. The molecule has 0 bridgehead atoms. The van der Waals surface area contributed by atoms with Crippen LogP contribution in [0.2, 0.25) is 0 Å². The molecule has 0 atom stereocenters. The normalized spacial score (nSPS) is 10.9. The SMILES string of the molecule is CC(=O)Nc1ccc(S(=O)(=O)Nc2ccc(Nc3cccc(C)c3)nc2)cc1. The number of nitrogens with one attached hydrogen (secondary N) is 3. The topological polar surface area (TPSA) is 100 Å². The van der Waals surface area contributed by atoms with Gasteiger partial charge in [-0.3, -0.25) is 9.52 Å². The van der Waals surface area contributed by atoms with E-state index in [1.165, 1.54) is 37.4 Å². The predicted octanol–water partition coefficient (Wildman–Crippen LogP) is 3.89. The van der Waals surface area contributed by atoms with E-state index in [9.17, 15) is 13.2 Å². The Morgan fingerprint density at radius 1 is 0.929 bits per heavy atom. The molecule has 3 rings (SSSR count). The number of hydrogen-bond acceptors (Lipinski definition) is 5. The van der Waals surface area contributed by atoms with Crippen molar-refractivity contribution in [2.45, 2.75) is 18.7 Å². The van der Waals surface area contributed by atoms with Crippen LogP contribution >= 0.6 is 0 Å². The minimum absolute atomic E-state index is 0.0866. The molecule has 0 aliphatic rings. The van der Waals surface area contributed by atoms with E-state index in [1.54, 1.807) is 12.1 Å². The van der Waals surface area contributed by atoms with Gasteiger partial charge in [-0.15, -0.1) is 0 Å². The fourth-order valence-corrected chi connectivity index (χ4v) is 3.58. The van der Waals surface area contributed by atoms with Crippen molar-refractivity contribution in [2.75, 3.05) is 15.4 Å². The van der Waals surface area contributed by atoms with Gasteiger partial charge in [0.25, 0.3) is 10.0 Å². The van der Waals surface area contributed by atoms with Gasteiger partial charge in [0.15, 0.2) is 0 Å². The number of sulfonamides is 1. The summed E-state index contributed by atoms with van der Waals surface area (Å²) >= 11 is 0. The number of anilines is 4. The number of benzene rings is 2. The maximum Gasteiger partial charge on any atom is 0.261 e. The minimum Gasteiger partial charge on any atom is -0.340 e. The van der Waals surface area contributed by atoms with Gasteiger partial charge in [-0.2, -0.15) is 0 Å². The van der Waals surface area contributed by atoms with Gasteiger partial charge in [-0.05, 0) is 61.0 Å². The number of nitrogens with zero attached hydrogens (tertiary/aromatic N) is 1. The van der Waals surface area contributed by atoms with Gasteiger partial charge >= 0.3 is 0 Å². The number of amides is 1. The van der Waals surface area contributed by atoms with E-state index in [1.807, 2.05) is 31.2 Å². The first-order valence-electron chi connectivity index (χ1n) is 8.52. The van der Waals surface area contributed by atoms with Crippen LogP contribution in [0.25, 0.3) is 0 Å². The minimum atomic E-state index is -3.76. The van der Waals surface area contributed by atoms with Crippen molar-refractivity contribution >= 4 is 38.8 Å². The van der Waals surface area contributed by atoms with E-state index in [0.717, 1.165) is 11.3 Å². The highest BCUT2D eigenvalue weighted by atomic mass is 32.2. The Morgan fingerprint density at radius 2 is 1.64 bits per heavy atom. The maximum atomic E-state index is 12.5. The predicted molar refractivity (Wildman–Crippen MR) is 110 cm³/mol. The third kappa shape index (κ3) is 5.08. The van der Waals surface area contributed by atoms with Gasteiger partial charge in [-0.1, -0.05) is 12.1 Å². The van der Waals surface area contributed by atoms with Crippen LogP contribution in [0.1, 0.15) is 12.5 Å². The fraction of sp³-hybridized carbons (Fsp3) is 0.100. The van der Waals surface area contributed by atoms with Gasteiger partial charge in [0.1, 0.15) is 5.82 Å². The monoisotopic (exact) mass is 396 g/mol. The van der Waals surface area contributed by atoms with E-state index in [0.29, 0.717) is 17.2 Å². The zero-order valence-electron chi connectivity index (χ0n) is 15.4. The molecule has 2 aromatic carbocycles. The molecule has 0 radical (unpaired) electrons. The Kier molecular flexibility index (Phi) is 5.60. The standard InChI is InChI=1S/C20H20N4O3S/c1-14-4-3-5-17(12-14)23-20-11-8-18(13-21-20)24-28(26,27)19-9-6-16(7-10-19)22-15(2)25/h3-13,24H,1-2H3,(H,21,23)(H,22,25). The van der Waals surface area contributed by atoms with E-state index in [2.05, 4.69) is 20.3 Å². The second-order valence-corrected chi connectivity index (χ2v) is 7.92. The fourth-order valence-electron chi connectivity index (χ4n) is 2.53. The Bertz CT molecular complexity index is 1080. The highest BCUT2D eigenvalue weighted by Gasteiger charge is 2.14. The quantitative estimate of drug-likeness (QED) is 0.587. The van der Waals surface area contributed by atoms with Crippen molar-refractivity contribution in [1.29, 1.82) is 0 Å². The Hall–Kier alpha value is -3.39. The first kappa shape index (κ1) is 19.4. The molecule has 1 aromatic heterocycles. The first-order valence-corrected chi connectivity index (χ1v) is 10.0. The molecule has 8 heteroatoms. The van der Waals surface area contributed by atoms with Crippen molar-refractivity contribution in [2.24, 2.45) is 0 Å². The molecule has 0 aliphatic carbocycles. The summed E-state index contributed by atoms with van der Waals surface area (Å²) in [4.78, 5) is 15.4. The lowest BCUT2D eigenvalue weighted by Gasteiger charge is -2.10. The molecular formula is C20H20N4O3S. The molecule has 0 saturated carbocycles. The second kappa shape index (κ2) is 8.10. The molecule has 1 amide bonds. The van der Waals surface area contributed by atoms with Crippen molar-refractivity contribution in [3.8, 4) is 0 Å². The number of rotatable bonds is 6. The van der Waals surface area contributed by atoms with Crippen LogP contribution in [0.5, 0.6) is 0 Å². The number of carbonyl (C=O) groups excluding carboxylic acids is 1. The zero-order chi connectivity index (χ0) is 20.1. The number of carbonyl (C=O) groups is 1. The van der Waals surface area contributed by atoms with Crippen LogP contribution in [-0.2, 0) is 14.8 Å². The van der Waals surface area contributed by atoms with Crippen LogP contribution in [0.3, 0.4) is 0 Å². The van der Waals surface area contributed by atoms with Crippen molar-refractivity contribution in [1.82, 2.24) is 4.98 Å². The van der Waals surface area contributed by atoms with Gasteiger partial charge in [0.2, 0.25) is 5.91 Å². The number of aryl methyl sites for hydroxylation is 1. The van der Waals surface area contributed by atoms with Crippen molar-refractivity contribution in [3.63, 3.8) is 0 Å². The average molecular weight is 396 g/mol. The van der Waals surface area contributed by atoms with E-state index < -0.39 is 10.0 Å². The van der Waals surface area contributed by atoms with Gasteiger partial charge in [0, 0.05) is 18.3 Å².